The predicted molar refractivity (Wildman–Crippen MR) is 172 cm³/mol. The highest BCUT2D eigenvalue weighted by molar-refractivity contribution is 6.22. The maximum Gasteiger partial charge on any atom is 0.179 e. The van der Waals surface area contributed by atoms with Crippen LogP contribution in [0.1, 0.15) is 0 Å². The second-order valence-electron chi connectivity index (χ2n) is 10.3. The van der Waals surface area contributed by atoms with Crippen molar-refractivity contribution in [3.8, 4) is 45.3 Å². The highest BCUT2D eigenvalue weighted by Gasteiger charge is 2.15. The molecule has 4 nitrogen and oxygen atoms in total. The van der Waals surface area contributed by atoms with Gasteiger partial charge in [0.1, 0.15) is 5.69 Å². The number of para-hydroxylation sites is 1. The number of aromatic nitrogens is 4. The van der Waals surface area contributed by atoms with Gasteiger partial charge in [-0.25, -0.2) is 15.0 Å². The van der Waals surface area contributed by atoms with Crippen molar-refractivity contribution in [3.05, 3.63) is 146 Å². The van der Waals surface area contributed by atoms with Gasteiger partial charge in [0.2, 0.25) is 0 Å². The Morgan fingerprint density at radius 3 is 1.74 bits per heavy atom. The first-order chi connectivity index (χ1) is 20.8. The van der Waals surface area contributed by atoms with Gasteiger partial charge in [0.25, 0.3) is 0 Å². The van der Waals surface area contributed by atoms with Gasteiger partial charge < -0.3 is 0 Å². The molecule has 4 heteroatoms. The molecule has 3 aromatic heterocycles. The van der Waals surface area contributed by atoms with Crippen LogP contribution in [0.3, 0.4) is 0 Å². The van der Waals surface area contributed by atoms with Crippen molar-refractivity contribution in [1.82, 2.24) is 19.9 Å². The third kappa shape index (κ3) is 4.18. The van der Waals surface area contributed by atoms with Crippen LogP contribution in [0.2, 0.25) is 0 Å². The minimum Gasteiger partial charge on any atom is -0.252 e. The minimum absolute atomic E-state index is 0.587. The Labute approximate surface area is 243 Å². The summed E-state index contributed by atoms with van der Waals surface area (Å²) >= 11 is 0. The van der Waals surface area contributed by atoms with Crippen molar-refractivity contribution in [3.63, 3.8) is 0 Å². The van der Waals surface area contributed by atoms with Crippen molar-refractivity contribution < 1.29 is 0 Å². The minimum atomic E-state index is 0.587. The van der Waals surface area contributed by atoms with E-state index < -0.39 is 0 Å². The number of benzene rings is 5. The Morgan fingerprint density at radius 1 is 0.405 bits per heavy atom. The zero-order chi connectivity index (χ0) is 27.9. The number of nitrogens with zero attached hydrogens (tertiary/aromatic N) is 4. The van der Waals surface area contributed by atoms with E-state index in [4.69, 9.17) is 19.9 Å². The van der Waals surface area contributed by atoms with Crippen molar-refractivity contribution in [2.75, 3.05) is 0 Å². The lowest BCUT2D eigenvalue weighted by atomic mass is 9.95. The largest absolute Gasteiger partial charge is 0.252 e. The Hall–Kier alpha value is -5.74. The van der Waals surface area contributed by atoms with E-state index in [0.717, 1.165) is 50.1 Å². The fourth-order valence-electron chi connectivity index (χ4n) is 5.68. The van der Waals surface area contributed by atoms with Crippen LogP contribution >= 0.6 is 0 Å². The Kier molecular flexibility index (Phi) is 5.75. The average molecular weight is 537 g/mol. The van der Waals surface area contributed by atoms with Crippen molar-refractivity contribution in [1.29, 1.82) is 0 Å². The Bertz CT molecular complexity index is 2150. The molecule has 0 radical (unpaired) electrons. The van der Waals surface area contributed by atoms with Gasteiger partial charge in [0, 0.05) is 39.0 Å². The van der Waals surface area contributed by atoms with Crippen LogP contribution < -0.4 is 0 Å². The SMILES string of the molecule is c1ccc(-c2cc(-c3ccccc3)nc(-c3ccc(-c4nc5ccccc5c5c4ccc4ccccc45)cn3)n2)cc1. The Morgan fingerprint density at radius 2 is 1.05 bits per heavy atom. The van der Waals surface area contributed by atoms with Crippen molar-refractivity contribution >= 4 is 32.4 Å². The molecule has 5 aromatic carbocycles. The van der Waals surface area contributed by atoms with E-state index in [1.54, 1.807) is 0 Å². The van der Waals surface area contributed by atoms with Gasteiger partial charge in [-0.15, -0.1) is 0 Å². The van der Waals surface area contributed by atoms with Crippen LogP contribution in [0.15, 0.2) is 146 Å². The number of pyridine rings is 2. The summed E-state index contributed by atoms with van der Waals surface area (Å²) in [5.41, 5.74) is 7.34. The molecule has 0 aliphatic carbocycles. The molecular formula is C38H24N4. The van der Waals surface area contributed by atoms with Crippen LogP contribution in [0, 0.1) is 0 Å². The number of fused-ring (bicyclic) bond motifs is 5. The lowest BCUT2D eigenvalue weighted by Crippen LogP contribution is -1.98. The molecule has 0 N–H and O–H groups in total. The lowest BCUT2D eigenvalue weighted by Gasteiger charge is -2.13. The predicted octanol–water partition coefficient (Wildman–Crippen LogP) is 9.39. The summed E-state index contributed by atoms with van der Waals surface area (Å²) < 4.78 is 0. The van der Waals surface area contributed by atoms with E-state index in [2.05, 4.69) is 84.9 Å². The topological polar surface area (TPSA) is 51.6 Å². The summed E-state index contributed by atoms with van der Waals surface area (Å²) in [7, 11) is 0. The molecule has 0 spiro atoms. The number of hydrogen-bond acceptors (Lipinski definition) is 4. The highest BCUT2D eigenvalue weighted by Crippen LogP contribution is 2.37. The number of rotatable bonds is 4. The normalized spacial score (nSPS) is 11.3. The Balaban J connectivity index is 1.28. The first-order valence-corrected chi connectivity index (χ1v) is 14.0. The fourth-order valence-corrected chi connectivity index (χ4v) is 5.68. The monoisotopic (exact) mass is 536 g/mol. The molecule has 0 aliphatic heterocycles. The molecule has 42 heavy (non-hydrogen) atoms. The van der Waals surface area contributed by atoms with Gasteiger partial charge in [0.05, 0.1) is 22.6 Å². The molecular weight excluding hydrogens is 512 g/mol. The van der Waals surface area contributed by atoms with Crippen LogP contribution in [-0.2, 0) is 0 Å². The van der Waals surface area contributed by atoms with E-state index in [-0.39, 0.29) is 0 Å². The molecule has 0 aliphatic rings. The molecule has 196 valence electrons. The third-order valence-corrected chi connectivity index (χ3v) is 7.72. The third-order valence-electron chi connectivity index (χ3n) is 7.72. The summed E-state index contributed by atoms with van der Waals surface area (Å²) in [5.74, 6) is 0.587. The van der Waals surface area contributed by atoms with E-state index in [1.165, 1.54) is 16.2 Å². The van der Waals surface area contributed by atoms with Gasteiger partial charge in [-0.2, -0.15) is 0 Å². The molecule has 0 saturated carbocycles. The molecule has 0 unspecified atom stereocenters. The molecule has 0 saturated heterocycles. The molecule has 0 amide bonds. The van der Waals surface area contributed by atoms with E-state index in [1.807, 2.05) is 60.8 Å². The van der Waals surface area contributed by atoms with Gasteiger partial charge in [0.15, 0.2) is 5.82 Å². The molecule has 0 bridgehead atoms. The first-order valence-electron chi connectivity index (χ1n) is 14.0. The summed E-state index contributed by atoms with van der Waals surface area (Å²) in [4.78, 5) is 19.9. The summed E-state index contributed by atoms with van der Waals surface area (Å²) in [6.07, 6.45) is 1.89. The quantitative estimate of drug-likeness (QED) is 0.210. The second-order valence-corrected chi connectivity index (χ2v) is 10.3. The summed E-state index contributed by atoms with van der Waals surface area (Å²) in [5, 5.41) is 5.90. The zero-order valence-electron chi connectivity index (χ0n) is 22.6. The van der Waals surface area contributed by atoms with Gasteiger partial charge in [-0.3, -0.25) is 4.98 Å². The van der Waals surface area contributed by atoms with E-state index in [9.17, 15) is 0 Å². The van der Waals surface area contributed by atoms with E-state index in [0.29, 0.717) is 11.5 Å². The summed E-state index contributed by atoms with van der Waals surface area (Å²) in [6, 6.07) is 47.7. The number of hydrogen-bond donors (Lipinski definition) is 0. The molecule has 3 heterocycles. The smallest absolute Gasteiger partial charge is 0.179 e. The van der Waals surface area contributed by atoms with Gasteiger partial charge in [-0.1, -0.05) is 115 Å². The van der Waals surface area contributed by atoms with Crippen LogP contribution in [-0.4, -0.2) is 19.9 Å². The maximum atomic E-state index is 5.12. The van der Waals surface area contributed by atoms with E-state index >= 15 is 0 Å². The van der Waals surface area contributed by atoms with Gasteiger partial charge in [-0.05, 0) is 35.0 Å². The van der Waals surface area contributed by atoms with Crippen LogP contribution in [0.25, 0.3) is 77.7 Å². The van der Waals surface area contributed by atoms with Crippen LogP contribution in [0.5, 0.6) is 0 Å². The first kappa shape index (κ1) is 24.1. The zero-order valence-corrected chi connectivity index (χ0v) is 22.6. The maximum absolute atomic E-state index is 5.12. The summed E-state index contributed by atoms with van der Waals surface area (Å²) in [6.45, 7) is 0. The van der Waals surface area contributed by atoms with Gasteiger partial charge >= 0.3 is 0 Å². The average Bonchev–Trinajstić information content (AvgIpc) is 3.08. The molecule has 8 aromatic rings. The standard InChI is InChI=1S/C38H24N4/c1-3-12-26(13-4-1)34-23-35(27-14-5-2-6-15-27)42-38(41-34)33-22-20-28(24-39-33)37-31-21-19-25-11-7-8-16-29(25)36(31)30-17-9-10-18-32(30)40-37/h1-24H. The highest BCUT2D eigenvalue weighted by atomic mass is 14.9. The lowest BCUT2D eigenvalue weighted by molar-refractivity contribution is 1.15. The molecule has 0 fully saturated rings. The van der Waals surface area contributed by atoms with Crippen LogP contribution in [0.4, 0.5) is 0 Å². The van der Waals surface area contributed by atoms with Crippen molar-refractivity contribution in [2.45, 2.75) is 0 Å². The van der Waals surface area contributed by atoms with Crippen molar-refractivity contribution in [2.24, 2.45) is 0 Å². The fraction of sp³-hybridized carbons (Fsp3) is 0. The molecule has 8 rings (SSSR count). The second kappa shape index (κ2) is 10.0. The molecule has 0 atom stereocenters.